The molecule has 1 amide bonds. The number of fused-ring (bicyclic) bond motifs is 1. The van der Waals surface area contributed by atoms with E-state index in [0.29, 0.717) is 23.1 Å². The van der Waals surface area contributed by atoms with Crippen molar-refractivity contribution in [2.45, 2.75) is 22.8 Å². The number of sulfonamides is 1. The maximum absolute atomic E-state index is 13.4. The molecule has 0 spiro atoms. The van der Waals surface area contributed by atoms with Crippen LogP contribution >= 0.6 is 15.2 Å². The van der Waals surface area contributed by atoms with Crippen molar-refractivity contribution >= 4 is 54.0 Å². The van der Waals surface area contributed by atoms with Crippen molar-refractivity contribution in [2.24, 2.45) is 5.10 Å². The van der Waals surface area contributed by atoms with Gasteiger partial charge in [-0.2, -0.15) is 9.41 Å². The van der Waals surface area contributed by atoms with E-state index in [0.717, 1.165) is 15.4 Å². The van der Waals surface area contributed by atoms with Crippen LogP contribution in [-0.2, 0) is 23.9 Å². The molecule has 2 unspecified atom stereocenters. The Kier molecular flexibility index (Phi) is 19.7. The van der Waals surface area contributed by atoms with E-state index in [1.165, 1.54) is 31.3 Å². The number of amides is 1. The molecule has 2 atom stereocenters. The molecule has 52 heavy (non-hydrogen) atoms. The molecule has 22 heteroatoms. The van der Waals surface area contributed by atoms with Gasteiger partial charge in [-0.05, 0) is 43.3 Å². The van der Waals surface area contributed by atoms with Crippen molar-refractivity contribution in [3.63, 3.8) is 0 Å². The topological polar surface area (TPSA) is 245 Å². The molecule has 3 aromatic carbocycles. The van der Waals surface area contributed by atoms with Crippen molar-refractivity contribution in [3.05, 3.63) is 66.2 Å². The predicted molar refractivity (Wildman–Crippen MR) is 183 cm³/mol. The van der Waals surface area contributed by atoms with Crippen molar-refractivity contribution in [1.82, 2.24) is 14.6 Å². The van der Waals surface area contributed by atoms with E-state index in [1.54, 1.807) is 42.5 Å². The first kappa shape index (κ1) is 48.6. The summed E-state index contributed by atoms with van der Waals surface area (Å²) in [6.07, 6.45) is -0.116. The van der Waals surface area contributed by atoms with Gasteiger partial charge in [-0.1, -0.05) is 36.4 Å². The van der Waals surface area contributed by atoms with E-state index in [9.17, 15) is 37.2 Å². The normalized spacial score (nSPS) is 15.2. The summed E-state index contributed by atoms with van der Waals surface area (Å²) in [5.74, 6) is 0.460. The second kappa shape index (κ2) is 21.0. The summed E-state index contributed by atoms with van der Waals surface area (Å²) >= 11 is 0. The quantitative estimate of drug-likeness (QED) is 0.0310. The number of nitrogens with one attached hydrogen (secondary N) is 1. The third kappa shape index (κ3) is 13.1. The molecule has 0 aromatic heterocycles. The smallest absolute Gasteiger partial charge is 0.776 e. The van der Waals surface area contributed by atoms with E-state index in [2.05, 4.69) is 10.5 Å². The van der Waals surface area contributed by atoms with Crippen LogP contribution in [0.5, 0.6) is 5.75 Å². The molecule has 0 aliphatic rings. The maximum atomic E-state index is 13.4. The van der Waals surface area contributed by atoms with Crippen molar-refractivity contribution in [1.29, 1.82) is 0 Å². The van der Waals surface area contributed by atoms with Gasteiger partial charge in [0.15, 0.2) is 20.3 Å². The predicted octanol–water partition coefficient (Wildman–Crippen LogP) is -4.88. The fourth-order valence-electron chi connectivity index (χ4n) is 4.73. The van der Waals surface area contributed by atoms with Crippen LogP contribution in [0.25, 0.3) is 10.8 Å². The molecular weight excluding hydrogens is 762 g/mol. The first-order valence-electron chi connectivity index (χ1n) is 15.1. The van der Waals surface area contributed by atoms with Crippen LogP contribution in [0.15, 0.2) is 70.7 Å². The summed E-state index contributed by atoms with van der Waals surface area (Å²) in [6.45, 7) is -0.130. The maximum Gasteiger partial charge on any atom is 1.00 e. The molecule has 0 saturated heterocycles. The number of aliphatic hydroxyl groups is 1. The number of carbonyl (C=O) groups is 1. The average molecular weight is 804 g/mol. The summed E-state index contributed by atoms with van der Waals surface area (Å²) in [4.78, 5) is 56.6. The first-order chi connectivity index (χ1) is 23.3. The number of likely N-dealkylation sites (N-methyl/N-ethyl adjacent to an activating group) is 1. The van der Waals surface area contributed by atoms with Gasteiger partial charge in [0.2, 0.25) is 10.0 Å². The monoisotopic (exact) mass is 803 g/mol. The van der Waals surface area contributed by atoms with Gasteiger partial charge in [0.1, 0.15) is 12.4 Å². The molecule has 0 heterocycles. The number of rotatable bonds is 18. The van der Waals surface area contributed by atoms with Crippen molar-refractivity contribution in [2.75, 3.05) is 65.9 Å². The molecule has 3 aromatic rings. The minimum atomic E-state index is -5.83. The molecule has 0 aliphatic heterocycles. The van der Waals surface area contributed by atoms with Crippen molar-refractivity contribution in [3.8, 4) is 5.75 Å². The standard InChI is InChI=1S/C30H43N5O12P2S.2Na/c1-33(2)27-13-6-12-26-25(27)11-7-14-28(26)50(44,45)35(4)18-20-47-29(36)32-31-22-23-9-5-10-24(21-23)46-19-8-16-34(3)17-15-30(37,48(38,39)40)49(41,42)43;;/h5-7,9-14,21-22,37H,8,15-20H2,1-4H3,(H,32,36)(H2,38,39,40)(H2,41,42,43);;/q;2*+1/p-2/b31-22+;;. The Morgan fingerprint density at radius 2 is 1.54 bits per heavy atom. The fraction of sp³-hybridized carbons (Fsp3) is 0.400. The number of ether oxygens (including phenoxy) is 2. The zero-order chi connectivity index (χ0) is 37.3. The number of anilines is 1. The third-order valence-corrected chi connectivity index (χ3v) is 13.3. The van der Waals surface area contributed by atoms with Crippen LogP contribution in [0.1, 0.15) is 18.4 Å². The Morgan fingerprint density at radius 3 is 2.17 bits per heavy atom. The average Bonchev–Trinajstić information content (AvgIpc) is 3.04. The number of hydrogen-bond acceptors (Lipinski definition) is 13. The van der Waals surface area contributed by atoms with Gasteiger partial charge in [0.05, 0.1) is 17.7 Å². The SMILES string of the molecule is CN(CCCOc1cccc(/C=N/NC(=O)OCCN(C)S(=O)(=O)c2cccc3c(N(C)C)cccc23)c1)CCC(O)(P(=O)([O-])O)P(=O)([O-])O.[Na+].[Na+]. The fourth-order valence-corrected chi connectivity index (χ4v) is 8.13. The Morgan fingerprint density at radius 1 is 0.923 bits per heavy atom. The minimum Gasteiger partial charge on any atom is -0.776 e. The summed E-state index contributed by atoms with van der Waals surface area (Å²) < 4.78 is 61.3. The van der Waals surface area contributed by atoms with Gasteiger partial charge in [-0.3, -0.25) is 0 Å². The largest absolute Gasteiger partial charge is 1.00 e. The number of hydrogen-bond donors (Lipinski definition) is 4. The summed E-state index contributed by atoms with van der Waals surface area (Å²) in [5.41, 5.74) is 3.65. The van der Waals surface area contributed by atoms with Gasteiger partial charge in [-0.25, -0.2) is 18.6 Å². The number of benzene rings is 3. The third-order valence-electron chi connectivity index (χ3n) is 7.58. The van der Waals surface area contributed by atoms with Gasteiger partial charge < -0.3 is 53.1 Å². The molecule has 3 rings (SSSR count). The van der Waals surface area contributed by atoms with E-state index in [1.807, 2.05) is 31.1 Å². The minimum absolute atomic E-state index is 0. The van der Waals surface area contributed by atoms with Crippen LogP contribution in [0, 0.1) is 0 Å². The molecule has 0 aliphatic carbocycles. The second-order valence-corrected chi connectivity index (χ2v) is 17.4. The summed E-state index contributed by atoms with van der Waals surface area (Å²) in [5, 5.41) is 11.4. The van der Waals surface area contributed by atoms with Crippen molar-refractivity contribution < 1.29 is 116 Å². The zero-order valence-corrected chi connectivity index (χ0v) is 36.5. The molecule has 17 nitrogen and oxygen atoms in total. The number of carbonyl (C=O) groups excluding carboxylic acids is 1. The molecule has 0 saturated carbocycles. The van der Waals surface area contributed by atoms with Gasteiger partial charge in [0, 0.05) is 63.7 Å². The number of hydrazone groups is 1. The Bertz CT molecular complexity index is 1860. The van der Waals surface area contributed by atoms with Crippen LogP contribution in [0.3, 0.4) is 0 Å². The summed E-state index contributed by atoms with van der Waals surface area (Å²) in [6, 6.07) is 17.2. The zero-order valence-electron chi connectivity index (χ0n) is 29.9. The molecule has 0 fully saturated rings. The second-order valence-electron chi connectivity index (χ2n) is 11.5. The number of nitrogens with zero attached hydrogens (tertiary/aromatic N) is 4. The molecular formula is C30H41N5Na2O12P2S. The van der Waals surface area contributed by atoms with E-state index >= 15 is 0 Å². The van der Waals surface area contributed by atoms with Crippen LogP contribution in [0.2, 0.25) is 0 Å². The van der Waals surface area contributed by atoms with Crippen LogP contribution < -0.4 is 84.0 Å². The first-order valence-corrected chi connectivity index (χ1v) is 19.7. The van der Waals surface area contributed by atoms with Crippen LogP contribution in [0.4, 0.5) is 10.5 Å². The van der Waals surface area contributed by atoms with E-state index in [4.69, 9.17) is 19.3 Å². The summed E-state index contributed by atoms with van der Waals surface area (Å²) in [7, 11) is -8.88. The Balaban J connectivity index is 0.00000676. The molecule has 0 bridgehead atoms. The molecule has 276 valence electrons. The molecule has 0 radical (unpaired) electrons. The van der Waals surface area contributed by atoms with Gasteiger partial charge in [0.25, 0.3) is 0 Å². The van der Waals surface area contributed by atoms with E-state index < -0.39 is 42.8 Å². The van der Waals surface area contributed by atoms with Crippen LogP contribution in [-0.4, -0.2) is 111 Å². The van der Waals surface area contributed by atoms with E-state index in [-0.39, 0.29) is 96.9 Å². The Labute approximate surface area is 347 Å². The van der Waals surface area contributed by atoms with Gasteiger partial charge >= 0.3 is 65.2 Å². The van der Waals surface area contributed by atoms with Gasteiger partial charge in [-0.15, -0.1) is 0 Å². The Hall–Kier alpha value is -1.41. The molecule has 4 N–H and O–H groups in total.